The number of aromatic nitrogens is 2. The zero-order valence-electron chi connectivity index (χ0n) is 17.2. The Morgan fingerprint density at radius 2 is 1.72 bits per heavy atom. The molecule has 4 rings (SSSR count). The predicted molar refractivity (Wildman–Crippen MR) is 125 cm³/mol. The average molecular weight is 448 g/mol. The van der Waals surface area contributed by atoms with Crippen LogP contribution in [0.5, 0.6) is 0 Å². The van der Waals surface area contributed by atoms with Crippen LogP contribution < -0.4 is 16.0 Å². The number of hydrogen-bond donors (Lipinski definition) is 3. The van der Waals surface area contributed by atoms with Crippen molar-refractivity contribution in [3.05, 3.63) is 95.4 Å². The lowest BCUT2D eigenvalue weighted by Crippen LogP contribution is -2.28. The van der Waals surface area contributed by atoms with Crippen molar-refractivity contribution in [1.29, 1.82) is 0 Å². The molecule has 3 amide bonds. The van der Waals surface area contributed by atoms with Crippen molar-refractivity contribution in [1.82, 2.24) is 20.2 Å². The molecule has 0 aliphatic heterocycles. The van der Waals surface area contributed by atoms with Crippen molar-refractivity contribution in [2.45, 2.75) is 19.6 Å². The van der Waals surface area contributed by atoms with Gasteiger partial charge < -0.3 is 20.5 Å². The molecule has 3 N–H and O–H groups in total. The molecule has 2 aromatic heterocycles. The number of pyridine rings is 1. The Morgan fingerprint density at radius 1 is 0.906 bits per heavy atom. The van der Waals surface area contributed by atoms with Gasteiger partial charge in [-0.2, -0.15) is 0 Å². The summed E-state index contributed by atoms with van der Waals surface area (Å²) in [5.41, 5.74) is 3.40. The highest BCUT2D eigenvalue weighted by molar-refractivity contribution is 6.31. The van der Waals surface area contributed by atoms with Crippen LogP contribution in [-0.2, 0) is 24.4 Å². The number of benzene rings is 2. The first-order chi connectivity index (χ1) is 15.6. The first-order valence-corrected chi connectivity index (χ1v) is 10.5. The number of rotatable bonds is 7. The summed E-state index contributed by atoms with van der Waals surface area (Å²) in [6.07, 6.45) is 5.23. The summed E-state index contributed by atoms with van der Waals surface area (Å²) >= 11 is 6.08. The van der Waals surface area contributed by atoms with Gasteiger partial charge in [0.25, 0.3) is 0 Å². The van der Waals surface area contributed by atoms with Gasteiger partial charge in [0.05, 0.1) is 0 Å². The SMILES string of the molecule is O=C(Cn1ccc2ccc(Cl)cc21)NCc1cccc(NC(=O)NCc2ccncc2)c1. The minimum Gasteiger partial charge on any atom is -0.350 e. The number of anilines is 1. The highest BCUT2D eigenvalue weighted by atomic mass is 35.5. The number of amides is 3. The number of carbonyl (C=O) groups is 2. The number of fused-ring (bicyclic) bond motifs is 1. The van der Waals surface area contributed by atoms with Crippen molar-refractivity contribution < 1.29 is 9.59 Å². The molecule has 0 radical (unpaired) electrons. The van der Waals surface area contributed by atoms with Gasteiger partial charge in [0, 0.05) is 47.9 Å². The van der Waals surface area contributed by atoms with Crippen LogP contribution in [0.3, 0.4) is 0 Å². The van der Waals surface area contributed by atoms with E-state index < -0.39 is 0 Å². The summed E-state index contributed by atoms with van der Waals surface area (Å²) in [6, 6.07) is 18.3. The van der Waals surface area contributed by atoms with Crippen LogP contribution in [0.1, 0.15) is 11.1 Å². The van der Waals surface area contributed by atoms with E-state index in [1.807, 2.05) is 65.4 Å². The zero-order valence-corrected chi connectivity index (χ0v) is 18.0. The molecule has 4 aromatic rings. The summed E-state index contributed by atoms with van der Waals surface area (Å²) in [5, 5.41) is 10.2. The highest BCUT2D eigenvalue weighted by Crippen LogP contribution is 2.20. The molecule has 2 heterocycles. The summed E-state index contributed by atoms with van der Waals surface area (Å²) in [5.74, 6) is -0.115. The van der Waals surface area contributed by atoms with E-state index >= 15 is 0 Å². The molecule has 0 spiro atoms. The molecule has 162 valence electrons. The molecular formula is C24H22ClN5O2. The number of nitrogens with zero attached hydrogens (tertiary/aromatic N) is 2. The standard InChI is InChI=1S/C24H22ClN5O2/c25-20-5-4-19-8-11-30(22(19)13-20)16-23(31)27-15-18-2-1-3-21(12-18)29-24(32)28-14-17-6-9-26-10-7-17/h1-13H,14-16H2,(H,27,31)(H2,28,29,32). The minimum atomic E-state index is -0.304. The second kappa shape index (κ2) is 9.98. The second-order valence-corrected chi connectivity index (χ2v) is 7.72. The Balaban J connectivity index is 1.29. The van der Waals surface area contributed by atoms with Crippen LogP contribution in [0, 0.1) is 0 Å². The van der Waals surface area contributed by atoms with Crippen LogP contribution >= 0.6 is 11.6 Å². The number of urea groups is 1. The Hall–Kier alpha value is -3.84. The van der Waals surface area contributed by atoms with Crippen LogP contribution in [0.25, 0.3) is 10.9 Å². The minimum absolute atomic E-state index is 0.115. The second-order valence-electron chi connectivity index (χ2n) is 7.29. The third-order valence-electron chi connectivity index (χ3n) is 4.93. The van der Waals surface area contributed by atoms with Crippen LogP contribution in [0.15, 0.2) is 79.3 Å². The fourth-order valence-corrected chi connectivity index (χ4v) is 3.49. The fourth-order valence-electron chi connectivity index (χ4n) is 3.32. The van der Waals surface area contributed by atoms with Gasteiger partial charge in [0.15, 0.2) is 0 Å². The first-order valence-electron chi connectivity index (χ1n) is 10.1. The third-order valence-corrected chi connectivity index (χ3v) is 5.16. The van der Waals surface area contributed by atoms with Crippen molar-refractivity contribution in [3.8, 4) is 0 Å². The van der Waals surface area contributed by atoms with Gasteiger partial charge in [-0.05, 0) is 59.0 Å². The summed E-state index contributed by atoms with van der Waals surface area (Å²) in [4.78, 5) is 28.6. The van der Waals surface area contributed by atoms with Gasteiger partial charge in [-0.15, -0.1) is 0 Å². The molecule has 0 unspecified atom stereocenters. The molecule has 0 aliphatic carbocycles. The molecule has 0 atom stereocenters. The Morgan fingerprint density at radius 3 is 2.56 bits per heavy atom. The van der Waals surface area contributed by atoms with E-state index in [1.54, 1.807) is 18.5 Å². The van der Waals surface area contributed by atoms with Crippen LogP contribution in [-0.4, -0.2) is 21.5 Å². The van der Waals surface area contributed by atoms with Crippen LogP contribution in [0.2, 0.25) is 5.02 Å². The molecule has 0 aliphatic rings. The molecule has 7 nitrogen and oxygen atoms in total. The molecule has 8 heteroatoms. The molecular weight excluding hydrogens is 426 g/mol. The topological polar surface area (TPSA) is 88.0 Å². The van der Waals surface area contributed by atoms with E-state index in [9.17, 15) is 9.59 Å². The Bertz CT molecular complexity index is 1240. The number of halogens is 1. The van der Waals surface area contributed by atoms with Gasteiger partial charge in [0.1, 0.15) is 6.54 Å². The maximum atomic E-state index is 12.4. The molecule has 0 bridgehead atoms. The van der Waals surface area contributed by atoms with E-state index in [0.717, 1.165) is 22.0 Å². The lowest BCUT2D eigenvalue weighted by atomic mass is 10.2. The van der Waals surface area contributed by atoms with Gasteiger partial charge in [-0.25, -0.2) is 4.79 Å². The first kappa shape index (κ1) is 21.4. The molecule has 0 saturated heterocycles. The Kier molecular flexibility index (Phi) is 6.67. The highest BCUT2D eigenvalue weighted by Gasteiger charge is 2.08. The smallest absolute Gasteiger partial charge is 0.319 e. The lowest BCUT2D eigenvalue weighted by Gasteiger charge is -2.10. The van der Waals surface area contributed by atoms with E-state index in [-0.39, 0.29) is 18.5 Å². The summed E-state index contributed by atoms with van der Waals surface area (Å²) in [7, 11) is 0. The van der Waals surface area contributed by atoms with Crippen molar-refractivity contribution in [3.63, 3.8) is 0 Å². The van der Waals surface area contributed by atoms with Crippen molar-refractivity contribution in [2.75, 3.05) is 5.32 Å². The van der Waals surface area contributed by atoms with Gasteiger partial charge in [-0.3, -0.25) is 9.78 Å². The quantitative estimate of drug-likeness (QED) is 0.394. The van der Waals surface area contributed by atoms with Crippen molar-refractivity contribution >= 4 is 40.1 Å². The normalized spacial score (nSPS) is 10.7. The lowest BCUT2D eigenvalue weighted by molar-refractivity contribution is -0.121. The molecule has 2 aromatic carbocycles. The van der Waals surface area contributed by atoms with Crippen molar-refractivity contribution in [2.24, 2.45) is 0 Å². The number of nitrogens with one attached hydrogen (secondary N) is 3. The molecule has 0 fully saturated rings. The fraction of sp³-hybridized carbons (Fsp3) is 0.125. The maximum absolute atomic E-state index is 12.4. The van der Waals surface area contributed by atoms with E-state index in [2.05, 4.69) is 20.9 Å². The van der Waals surface area contributed by atoms with Gasteiger partial charge in [-0.1, -0.05) is 29.8 Å². The van der Waals surface area contributed by atoms with Gasteiger partial charge in [0.2, 0.25) is 5.91 Å². The van der Waals surface area contributed by atoms with Crippen LogP contribution in [0.4, 0.5) is 10.5 Å². The largest absolute Gasteiger partial charge is 0.350 e. The molecule has 0 saturated carbocycles. The van der Waals surface area contributed by atoms with E-state index in [4.69, 9.17) is 11.6 Å². The number of hydrogen-bond acceptors (Lipinski definition) is 3. The summed E-state index contributed by atoms with van der Waals surface area (Å²) < 4.78 is 1.86. The Labute approximate surface area is 190 Å². The van der Waals surface area contributed by atoms with Gasteiger partial charge >= 0.3 is 6.03 Å². The number of carbonyl (C=O) groups excluding carboxylic acids is 2. The monoisotopic (exact) mass is 447 g/mol. The molecule has 32 heavy (non-hydrogen) atoms. The predicted octanol–water partition coefficient (Wildman–Crippen LogP) is 4.33. The zero-order chi connectivity index (χ0) is 22.3. The average Bonchev–Trinajstić information content (AvgIpc) is 3.19. The summed E-state index contributed by atoms with van der Waals surface area (Å²) in [6.45, 7) is 0.954. The maximum Gasteiger partial charge on any atom is 0.319 e. The van der Waals surface area contributed by atoms with E-state index in [0.29, 0.717) is 23.8 Å². The van der Waals surface area contributed by atoms with E-state index in [1.165, 1.54) is 0 Å². The third kappa shape index (κ3) is 5.65.